The van der Waals surface area contributed by atoms with Gasteiger partial charge in [0.05, 0.1) is 18.3 Å². The zero-order valence-corrected chi connectivity index (χ0v) is 14.7. The van der Waals surface area contributed by atoms with Gasteiger partial charge in [-0.25, -0.2) is 19.3 Å². The van der Waals surface area contributed by atoms with Crippen molar-refractivity contribution in [2.24, 2.45) is 0 Å². The highest BCUT2D eigenvalue weighted by molar-refractivity contribution is 5.69. The van der Waals surface area contributed by atoms with Crippen molar-refractivity contribution in [2.45, 2.75) is 6.54 Å². The molecule has 0 aliphatic carbocycles. The number of fused-ring (bicyclic) bond motifs is 2. The number of imidazole rings is 1. The molecule has 4 aromatic heterocycles. The molecule has 0 atom stereocenters. The van der Waals surface area contributed by atoms with Gasteiger partial charge in [-0.2, -0.15) is 0 Å². The van der Waals surface area contributed by atoms with Gasteiger partial charge in [0.2, 0.25) is 0 Å². The zero-order valence-electron chi connectivity index (χ0n) is 14.7. The van der Waals surface area contributed by atoms with Crippen LogP contribution in [0.25, 0.3) is 27.9 Å². The molecule has 0 N–H and O–H groups in total. The Kier molecular flexibility index (Phi) is 3.72. The monoisotopic (exact) mass is 371 g/mol. The van der Waals surface area contributed by atoms with Crippen LogP contribution < -0.4 is 5.56 Å². The molecule has 0 fully saturated rings. The van der Waals surface area contributed by atoms with Crippen LogP contribution in [0, 0.1) is 5.82 Å². The van der Waals surface area contributed by atoms with Gasteiger partial charge in [-0.3, -0.25) is 9.36 Å². The van der Waals surface area contributed by atoms with E-state index in [9.17, 15) is 9.18 Å². The Bertz CT molecular complexity index is 1390. The van der Waals surface area contributed by atoms with E-state index in [4.69, 9.17) is 0 Å². The first kappa shape index (κ1) is 16.3. The van der Waals surface area contributed by atoms with E-state index in [1.807, 2.05) is 35.0 Å². The molecule has 6 nitrogen and oxygen atoms in total. The van der Waals surface area contributed by atoms with E-state index in [0.717, 1.165) is 16.8 Å². The Balaban J connectivity index is 1.54. The van der Waals surface area contributed by atoms with E-state index < -0.39 is 0 Å². The van der Waals surface area contributed by atoms with Crippen LogP contribution in [0.4, 0.5) is 4.39 Å². The van der Waals surface area contributed by atoms with Crippen molar-refractivity contribution in [2.75, 3.05) is 0 Å². The molecule has 5 rings (SSSR count). The quantitative estimate of drug-likeness (QED) is 0.488. The molecule has 0 saturated carbocycles. The molecule has 4 heterocycles. The number of nitrogens with zero attached hydrogens (tertiary/aromatic N) is 5. The molecule has 0 unspecified atom stereocenters. The molecule has 7 heteroatoms. The SMILES string of the molecule is O=c1cnc2ncccc2n1Cc1ccc(-c2ccc3nccn3c2)cc1F. The van der Waals surface area contributed by atoms with Crippen molar-refractivity contribution >= 4 is 16.8 Å². The predicted molar refractivity (Wildman–Crippen MR) is 103 cm³/mol. The second kappa shape index (κ2) is 6.38. The summed E-state index contributed by atoms with van der Waals surface area (Å²) in [7, 11) is 0. The maximum atomic E-state index is 14.8. The maximum absolute atomic E-state index is 14.8. The first-order valence-corrected chi connectivity index (χ1v) is 8.71. The van der Waals surface area contributed by atoms with Gasteiger partial charge < -0.3 is 4.40 Å². The van der Waals surface area contributed by atoms with Crippen molar-refractivity contribution < 1.29 is 4.39 Å². The van der Waals surface area contributed by atoms with E-state index in [-0.39, 0.29) is 17.9 Å². The summed E-state index contributed by atoms with van der Waals surface area (Å²) in [5.41, 5.74) is 3.62. The lowest BCUT2D eigenvalue weighted by Crippen LogP contribution is -2.21. The predicted octanol–water partition coefficient (Wildman–Crippen LogP) is 3.29. The summed E-state index contributed by atoms with van der Waals surface area (Å²) in [6.07, 6.45) is 8.29. The van der Waals surface area contributed by atoms with E-state index in [0.29, 0.717) is 16.7 Å². The Hall–Kier alpha value is -3.87. The minimum Gasteiger partial charge on any atom is -0.306 e. The van der Waals surface area contributed by atoms with Gasteiger partial charge in [-0.15, -0.1) is 0 Å². The van der Waals surface area contributed by atoms with Crippen LogP contribution in [-0.4, -0.2) is 23.9 Å². The molecular weight excluding hydrogens is 357 g/mol. The van der Waals surface area contributed by atoms with Gasteiger partial charge in [0.25, 0.3) is 5.56 Å². The van der Waals surface area contributed by atoms with Crippen LogP contribution in [0.15, 0.2) is 78.2 Å². The largest absolute Gasteiger partial charge is 0.306 e. The molecule has 0 aliphatic heterocycles. The van der Waals surface area contributed by atoms with E-state index in [2.05, 4.69) is 15.0 Å². The van der Waals surface area contributed by atoms with Crippen molar-refractivity contribution in [3.63, 3.8) is 0 Å². The average Bonchev–Trinajstić information content (AvgIpc) is 3.19. The fourth-order valence-corrected chi connectivity index (χ4v) is 3.28. The minimum atomic E-state index is -0.371. The van der Waals surface area contributed by atoms with E-state index >= 15 is 0 Å². The van der Waals surface area contributed by atoms with Crippen molar-refractivity contribution in [1.29, 1.82) is 0 Å². The molecule has 1 aromatic carbocycles. The molecular formula is C21H14FN5O. The van der Waals surface area contributed by atoms with Crippen molar-refractivity contribution in [3.05, 3.63) is 95.2 Å². The fraction of sp³-hybridized carbons (Fsp3) is 0.0476. The van der Waals surface area contributed by atoms with Crippen LogP contribution in [-0.2, 0) is 6.54 Å². The van der Waals surface area contributed by atoms with Gasteiger partial charge in [-0.05, 0) is 41.5 Å². The molecule has 0 saturated heterocycles. The molecule has 5 aromatic rings. The van der Waals surface area contributed by atoms with Gasteiger partial charge >= 0.3 is 0 Å². The summed E-state index contributed by atoms with van der Waals surface area (Å²) in [5, 5.41) is 0. The number of rotatable bonds is 3. The smallest absolute Gasteiger partial charge is 0.269 e. The summed E-state index contributed by atoms with van der Waals surface area (Å²) in [5.74, 6) is -0.371. The van der Waals surface area contributed by atoms with Crippen molar-refractivity contribution in [3.8, 4) is 11.1 Å². The molecule has 0 spiro atoms. The second-order valence-electron chi connectivity index (χ2n) is 6.45. The highest BCUT2D eigenvalue weighted by atomic mass is 19.1. The summed E-state index contributed by atoms with van der Waals surface area (Å²) in [6, 6.07) is 12.3. The van der Waals surface area contributed by atoms with Crippen LogP contribution >= 0.6 is 0 Å². The van der Waals surface area contributed by atoms with Gasteiger partial charge in [0, 0.05) is 30.4 Å². The number of pyridine rings is 2. The zero-order chi connectivity index (χ0) is 19.1. The number of aromatic nitrogens is 5. The normalized spacial score (nSPS) is 11.3. The molecule has 28 heavy (non-hydrogen) atoms. The first-order chi connectivity index (χ1) is 13.7. The molecule has 0 radical (unpaired) electrons. The topological polar surface area (TPSA) is 65.1 Å². The highest BCUT2D eigenvalue weighted by Gasteiger charge is 2.10. The Morgan fingerprint density at radius 3 is 2.75 bits per heavy atom. The number of halogens is 1. The first-order valence-electron chi connectivity index (χ1n) is 8.71. The molecule has 0 aliphatic rings. The highest BCUT2D eigenvalue weighted by Crippen LogP contribution is 2.23. The summed E-state index contributed by atoms with van der Waals surface area (Å²) >= 11 is 0. The van der Waals surface area contributed by atoms with E-state index in [1.165, 1.54) is 16.8 Å². The van der Waals surface area contributed by atoms with Gasteiger partial charge in [-0.1, -0.05) is 12.1 Å². The number of benzene rings is 1. The van der Waals surface area contributed by atoms with Gasteiger partial charge in [0.15, 0.2) is 5.65 Å². The van der Waals surface area contributed by atoms with Crippen LogP contribution in [0.3, 0.4) is 0 Å². The minimum absolute atomic E-state index is 0.107. The molecule has 0 amide bonds. The average molecular weight is 371 g/mol. The van der Waals surface area contributed by atoms with E-state index in [1.54, 1.807) is 30.6 Å². The standard InChI is InChI=1S/C21H14FN5O/c22-17-10-14(15-5-6-19-23-8-9-26(19)12-15)3-4-16(17)13-27-18-2-1-7-24-21(18)25-11-20(27)28/h1-12H,13H2. The summed E-state index contributed by atoms with van der Waals surface area (Å²) in [4.78, 5) is 24.7. The maximum Gasteiger partial charge on any atom is 0.269 e. The third kappa shape index (κ3) is 2.73. The molecule has 136 valence electrons. The van der Waals surface area contributed by atoms with Gasteiger partial charge in [0.1, 0.15) is 11.5 Å². The number of hydrogen-bond acceptors (Lipinski definition) is 4. The summed E-state index contributed by atoms with van der Waals surface area (Å²) in [6.45, 7) is 0.107. The Labute approximate surface area is 158 Å². The van der Waals surface area contributed by atoms with Crippen LogP contribution in [0.2, 0.25) is 0 Å². The lowest BCUT2D eigenvalue weighted by atomic mass is 10.0. The summed E-state index contributed by atoms with van der Waals surface area (Å²) < 4.78 is 18.2. The lowest BCUT2D eigenvalue weighted by Gasteiger charge is -2.11. The third-order valence-electron chi connectivity index (χ3n) is 4.72. The molecule has 0 bridgehead atoms. The number of hydrogen-bond donors (Lipinski definition) is 0. The van der Waals surface area contributed by atoms with Crippen molar-refractivity contribution in [1.82, 2.24) is 23.9 Å². The third-order valence-corrected chi connectivity index (χ3v) is 4.72. The lowest BCUT2D eigenvalue weighted by molar-refractivity contribution is 0.599. The van der Waals surface area contributed by atoms with Crippen LogP contribution in [0.1, 0.15) is 5.56 Å². The second-order valence-corrected chi connectivity index (χ2v) is 6.45. The fourth-order valence-electron chi connectivity index (χ4n) is 3.28. The Morgan fingerprint density at radius 1 is 0.964 bits per heavy atom. The van der Waals surface area contributed by atoms with Crippen LogP contribution in [0.5, 0.6) is 0 Å². The Morgan fingerprint density at radius 2 is 1.86 bits per heavy atom.